The fourth-order valence-electron chi connectivity index (χ4n) is 1.25. The Kier molecular flexibility index (Phi) is 4.99. The van der Waals surface area contributed by atoms with Crippen LogP contribution in [0.25, 0.3) is 0 Å². The first kappa shape index (κ1) is 12.2. The molecule has 0 amide bonds. The predicted molar refractivity (Wildman–Crippen MR) is 66.5 cm³/mol. The van der Waals surface area contributed by atoms with Gasteiger partial charge in [0.05, 0.1) is 0 Å². The summed E-state index contributed by atoms with van der Waals surface area (Å²) in [7, 11) is 1.72. The van der Waals surface area contributed by atoms with Crippen LogP contribution in [0.5, 0.6) is 0 Å². The van der Waals surface area contributed by atoms with Crippen LogP contribution in [0.2, 0.25) is 0 Å². The largest absolute Gasteiger partial charge is 0.346 e. The van der Waals surface area contributed by atoms with Crippen LogP contribution in [-0.4, -0.2) is 19.2 Å². The van der Waals surface area contributed by atoms with E-state index in [1.807, 2.05) is 37.3 Å². The zero-order valence-electron chi connectivity index (χ0n) is 9.60. The lowest BCUT2D eigenvalue weighted by Crippen LogP contribution is -2.19. The van der Waals surface area contributed by atoms with Gasteiger partial charge in [-0.1, -0.05) is 37.3 Å². The molecule has 0 atom stereocenters. The number of carbonyl (C=O) groups excluding carboxylic acids is 1. The second-order valence-corrected chi connectivity index (χ2v) is 3.27. The molecule has 0 saturated carbocycles. The van der Waals surface area contributed by atoms with Crippen molar-refractivity contribution in [3.63, 3.8) is 0 Å². The molecule has 0 aliphatic heterocycles. The minimum atomic E-state index is 0.711. The number of benzene rings is 1. The molecule has 3 nitrogen and oxygen atoms in total. The molecular weight excluding hydrogens is 200 g/mol. The molecule has 0 spiro atoms. The van der Waals surface area contributed by atoms with Crippen molar-refractivity contribution >= 4 is 12.1 Å². The van der Waals surface area contributed by atoms with Crippen LogP contribution in [0.4, 0.5) is 0 Å². The number of aliphatic imine (C=N–C) groups is 1. The van der Waals surface area contributed by atoms with Crippen molar-refractivity contribution in [1.29, 1.82) is 0 Å². The van der Waals surface area contributed by atoms with Gasteiger partial charge in [0.25, 0.3) is 0 Å². The third-order valence-corrected chi connectivity index (χ3v) is 2.22. The molecular formula is C13H16N2O. The van der Waals surface area contributed by atoms with Crippen molar-refractivity contribution in [1.82, 2.24) is 5.32 Å². The Morgan fingerprint density at radius 1 is 1.38 bits per heavy atom. The highest BCUT2D eigenvalue weighted by Crippen LogP contribution is 2.00. The van der Waals surface area contributed by atoms with Gasteiger partial charge >= 0.3 is 0 Å². The summed E-state index contributed by atoms with van der Waals surface area (Å²) < 4.78 is 0. The van der Waals surface area contributed by atoms with Gasteiger partial charge in [-0.25, -0.2) is 0 Å². The van der Waals surface area contributed by atoms with Crippen LogP contribution < -0.4 is 5.32 Å². The molecule has 84 valence electrons. The maximum Gasteiger partial charge on any atom is 0.147 e. The summed E-state index contributed by atoms with van der Waals surface area (Å²) in [5.41, 5.74) is 1.72. The fraction of sp³-hybridized carbons (Fsp3) is 0.231. The molecule has 0 unspecified atom stereocenters. The summed E-state index contributed by atoms with van der Waals surface area (Å²) in [6, 6.07) is 9.79. The van der Waals surface area contributed by atoms with Crippen LogP contribution in [0.15, 0.2) is 47.1 Å². The van der Waals surface area contributed by atoms with E-state index in [0.717, 1.165) is 23.3 Å². The minimum absolute atomic E-state index is 0.711. The van der Waals surface area contributed by atoms with E-state index in [1.165, 1.54) is 0 Å². The Hall–Kier alpha value is -1.90. The minimum Gasteiger partial charge on any atom is -0.346 e. The summed E-state index contributed by atoms with van der Waals surface area (Å²) in [5, 5.41) is 3.04. The average Bonchev–Trinajstić information content (AvgIpc) is 2.36. The van der Waals surface area contributed by atoms with Gasteiger partial charge in [0.2, 0.25) is 0 Å². The van der Waals surface area contributed by atoms with Crippen LogP contribution in [-0.2, 0) is 4.79 Å². The fourth-order valence-corrected chi connectivity index (χ4v) is 1.25. The average molecular weight is 216 g/mol. The molecule has 0 aliphatic carbocycles. The third-order valence-electron chi connectivity index (χ3n) is 2.22. The van der Waals surface area contributed by atoms with Crippen LogP contribution in [0, 0.1) is 0 Å². The Morgan fingerprint density at radius 3 is 2.56 bits per heavy atom. The second kappa shape index (κ2) is 6.56. The van der Waals surface area contributed by atoms with Crippen molar-refractivity contribution in [2.75, 3.05) is 7.05 Å². The normalized spacial score (nSPS) is 12.4. The molecule has 0 aliphatic rings. The number of carbonyl (C=O) groups is 1. The summed E-state index contributed by atoms with van der Waals surface area (Å²) in [5.74, 6) is 0.758. The zero-order valence-corrected chi connectivity index (χ0v) is 9.60. The Bertz CT molecular complexity index is 394. The highest BCUT2D eigenvalue weighted by molar-refractivity contribution is 5.99. The number of nitrogens with zero attached hydrogens (tertiary/aromatic N) is 1. The molecule has 0 heterocycles. The monoisotopic (exact) mass is 216 g/mol. The zero-order chi connectivity index (χ0) is 11.8. The molecule has 1 rings (SSSR count). The number of amidine groups is 1. The van der Waals surface area contributed by atoms with E-state index < -0.39 is 0 Å². The number of allylic oxidation sites excluding steroid dienone is 1. The molecule has 3 heteroatoms. The quantitative estimate of drug-likeness (QED) is 0.362. The summed E-state index contributed by atoms with van der Waals surface area (Å²) in [4.78, 5) is 14.8. The number of hydrogen-bond donors (Lipinski definition) is 1. The molecule has 0 radical (unpaired) electrons. The van der Waals surface area contributed by atoms with Gasteiger partial charge in [0, 0.05) is 24.4 Å². The first-order chi connectivity index (χ1) is 7.81. The van der Waals surface area contributed by atoms with E-state index in [-0.39, 0.29) is 0 Å². The van der Waals surface area contributed by atoms with Crippen molar-refractivity contribution in [3.8, 4) is 0 Å². The van der Waals surface area contributed by atoms with Gasteiger partial charge in [-0.3, -0.25) is 9.79 Å². The van der Waals surface area contributed by atoms with E-state index >= 15 is 0 Å². The molecule has 16 heavy (non-hydrogen) atoms. The van der Waals surface area contributed by atoms with E-state index in [1.54, 1.807) is 13.2 Å². The highest BCUT2D eigenvalue weighted by Gasteiger charge is 1.99. The maximum atomic E-state index is 10.6. The second-order valence-electron chi connectivity index (χ2n) is 3.27. The van der Waals surface area contributed by atoms with Gasteiger partial charge in [-0.2, -0.15) is 0 Å². The lowest BCUT2D eigenvalue weighted by atomic mass is 10.2. The van der Waals surface area contributed by atoms with Gasteiger partial charge in [-0.15, -0.1) is 0 Å². The van der Waals surface area contributed by atoms with Crippen LogP contribution >= 0.6 is 0 Å². The highest BCUT2D eigenvalue weighted by atomic mass is 16.1. The first-order valence-corrected chi connectivity index (χ1v) is 5.24. The molecule has 1 N–H and O–H groups in total. The standard InChI is InChI=1S/C13H16N2O/c1-3-11(10-16)9-15-13(14-2)12-7-5-4-6-8-12/h4-10H,3H2,1-2H3,(H,14,15)/b11-9+. The molecule has 0 aromatic heterocycles. The molecule has 0 bridgehead atoms. The van der Waals surface area contributed by atoms with Crippen LogP contribution in [0.3, 0.4) is 0 Å². The molecule has 0 saturated heterocycles. The molecule has 1 aromatic rings. The van der Waals surface area contributed by atoms with Crippen molar-refractivity contribution in [3.05, 3.63) is 47.7 Å². The Morgan fingerprint density at radius 2 is 2.06 bits per heavy atom. The van der Waals surface area contributed by atoms with E-state index in [0.29, 0.717) is 6.42 Å². The smallest absolute Gasteiger partial charge is 0.147 e. The van der Waals surface area contributed by atoms with Crippen molar-refractivity contribution in [2.45, 2.75) is 13.3 Å². The number of aldehydes is 1. The lowest BCUT2D eigenvalue weighted by Gasteiger charge is -2.05. The maximum absolute atomic E-state index is 10.6. The molecule has 1 aromatic carbocycles. The van der Waals surface area contributed by atoms with E-state index in [2.05, 4.69) is 10.3 Å². The topological polar surface area (TPSA) is 41.5 Å². The van der Waals surface area contributed by atoms with Gasteiger partial charge in [0.15, 0.2) is 0 Å². The molecule has 0 fully saturated rings. The number of rotatable bonds is 4. The predicted octanol–water partition coefficient (Wildman–Crippen LogP) is 2.15. The van der Waals surface area contributed by atoms with Gasteiger partial charge in [0.1, 0.15) is 12.1 Å². The van der Waals surface area contributed by atoms with Gasteiger partial charge < -0.3 is 5.32 Å². The van der Waals surface area contributed by atoms with E-state index in [4.69, 9.17) is 0 Å². The van der Waals surface area contributed by atoms with Crippen molar-refractivity contribution in [2.24, 2.45) is 4.99 Å². The summed E-state index contributed by atoms with van der Waals surface area (Å²) in [6.07, 6.45) is 3.26. The Balaban J connectivity index is 2.79. The van der Waals surface area contributed by atoms with Gasteiger partial charge in [-0.05, 0) is 6.42 Å². The van der Waals surface area contributed by atoms with Crippen molar-refractivity contribution < 1.29 is 4.79 Å². The lowest BCUT2D eigenvalue weighted by molar-refractivity contribution is -0.105. The van der Waals surface area contributed by atoms with Crippen LogP contribution in [0.1, 0.15) is 18.9 Å². The number of nitrogens with one attached hydrogen (secondary N) is 1. The van der Waals surface area contributed by atoms with E-state index in [9.17, 15) is 4.79 Å². The summed E-state index contributed by atoms with van der Waals surface area (Å²) in [6.45, 7) is 1.94. The third kappa shape index (κ3) is 3.35. The number of hydrogen-bond acceptors (Lipinski definition) is 2. The first-order valence-electron chi connectivity index (χ1n) is 5.24. The Labute approximate surface area is 95.9 Å². The SMILES string of the molecule is CC/C(C=O)=C\NC(=NC)c1ccccc1. The summed E-state index contributed by atoms with van der Waals surface area (Å²) >= 11 is 0.